The molecule has 1 saturated heterocycles. The van der Waals surface area contributed by atoms with E-state index in [1.807, 2.05) is 0 Å². The van der Waals surface area contributed by atoms with Crippen LogP contribution in [0.4, 0.5) is 0 Å². The van der Waals surface area contributed by atoms with Crippen molar-refractivity contribution in [3.63, 3.8) is 0 Å². The Balaban J connectivity index is 2.60. The van der Waals surface area contributed by atoms with Crippen molar-refractivity contribution in [2.45, 2.75) is 20.8 Å². The minimum atomic E-state index is -0.667. The fourth-order valence-electron chi connectivity index (χ4n) is 1.82. The van der Waals surface area contributed by atoms with Crippen LogP contribution in [0.25, 0.3) is 0 Å². The van der Waals surface area contributed by atoms with Crippen LogP contribution < -0.4 is 0 Å². The lowest BCUT2D eigenvalue weighted by molar-refractivity contribution is -0.180. The van der Waals surface area contributed by atoms with Crippen molar-refractivity contribution >= 4 is 5.91 Å². The second-order valence-electron chi connectivity index (χ2n) is 5.65. The lowest BCUT2D eigenvalue weighted by Gasteiger charge is -2.41. The Morgan fingerprint density at radius 2 is 2.00 bits per heavy atom. The highest BCUT2D eigenvalue weighted by molar-refractivity contribution is 5.83. The van der Waals surface area contributed by atoms with Gasteiger partial charge in [0.1, 0.15) is 5.41 Å². The molecule has 0 atom stereocenters. The Bertz CT molecular complexity index is 235. The van der Waals surface area contributed by atoms with E-state index in [0.29, 0.717) is 19.8 Å². The van der Waals surface area contributed by atoms with Gasteiger partial charge in [0, 0.05) is 13.6 Å². The molecule has 4 nitrogen and oxygen atoms in total. The molecule has 1 rings (SSSR count). The molecule has 1 aliphatic heterocycles. The summed E-state index contributed by atoms with van der Waals surface area (Å²) in [5.74, 6) is -0.00817. The number of nitrogens with zero attached hydrogens (tertiary/aromatic N) is 1. The van der Waals surface area contributed by atoms with Crippen LogP contribution in [0.1, 0.15) is 20.8 Å². The Labute approximate surface area is 91.2 Å². The Morgan fingerprint density at radius 3 is 2.27 bits per heavy atom. The van der Waals surface area contributed by atoms with E-state index in [9.17, 15) is 9.90 Å². The molecule has 1 aliphatic rings. The maximum absolute atomic E-state index is 12.0. The van der Waals surface area contributed by atoms with Gasteiger partial charge < -0.3 is 14.7 Å². The molecule has 0 aromatic heterocycles. The van der Waals surface area contributed by atoms with E-state index in [4.69, 9.17) is 4.74 Å². The van der Waals surface area contributed by atoms with Gasteiger partial charge in [-0.1, -0.05) is 20.8 Å². The smallest absolute Gasteiger partial charge is 0.235 e. The van der Waals surface area contributed by atoms with E-state index in [2.05, 4.69) is 20.8 Å². The summed E-state index contributed by atoms with van der Waals surface area (Å²) in [6.07, 6.45) is 0. The summed E-state index contributed by atoms with van der Waals surface area (Å²) in [7, 11) is 1.78. The zero-order chi connectivity index (χ0) is 11.7. The second-order valence-corrected chi connectivity index (χ2v) is 5.65. The monoisotopic (exact) mass is 215 g/mol. The minimum absolute atomic E-state index is 0.00817. The first-order valence-corrected chi connectivity index (χ1v) is 5.25. The highest BCUT2D eigenvalue weighted by atomic mass is 16.5. The second kappa shape index (κ2) is 4.10. The number of hydrogen-bond donors (Lipinski definition) is 1. The van der Waals surface area contributed by atoms with Crippen LogP contribution >= 0.6 is 0 Å². The van der Waals surface area contributed by atoms with Gasteiger partial charge in [-0.25, -0.2) is 0 Å². The van der Waals surface area contributed by atoms with Gasteiger partial charge >= 0.3 is 0 Å². The SMILES string of the molecule is CN(CC(C)(C)C)C(=O)C1(CO)COC1. The molecule has 0 radical (unpaired) electrons. The molecule has 0 unspecified atom stereocenters. The summed E-state index contributed by atoms with van der Waals surface area (Å²) in [4.78, 5) is 13.7. The molecule has 0 aromatic rings. The Morgan fingerprint density at radius 1 is 1.47 bits per heavy atom. The van der Waals surface area contributed by atoms with Crippen molar-refractivity contribution in [2.24, 2.45) is 10.8 Å². The van der Waals surface area contributed by atoms with E-state index in [-0.39, 0.29) is 17.9 Å². The van der Waals surface area contributed by atoms with E-state index in [1.54, 1.807) is 11.9 Å². The summed E-state index contributed by atoms with van der Waals surface area (Å²) >= 11 is 0. The van der Waals surface area contributed by atoms with Crippen molar-refractivity contribution in [2.75, 3.05) is 33.4 Å². The standard InChI is InChI=1S/C11H21NO3/c1-10(2,3)5-12(4)9(14)11(6-13)7-15-8-11/h13H,5-8H2,1-4H3. The van der Waals surface area contributed by atoms with Gasteiger partial charge in [-0.05, 0) is 5.41 Å². The Kier molecular flexibility index (Phi) is 3.41. The fourth-order valence-corrected chi connectivity index (χ4v) is 1.82. The van der Waals surface area contributed by atoms with Crippen LogP contribution in [0.2, 0.25) is 0 Å². The zero-order valence-corrected chi connectivity index (χ0v) is 10.0. The normalized spacial score (nSPS) is 19.5. The average molecular weight is 215 g/mol. The predicted molar refractivity (Wildman–Crippen MR) is 57.4 cm³/mol. The van der Waals surface area contributed by atoms with Crippen molar-refractivity contribution in [1.29, 1.82) is 0 Å². The topological polar surface area (TPSA) is 49.8 Å². The molecule has 4 heteroatoms. The van der Waals surface area contributed by atoms with Gasteiger partial charge in [-0.3, -0.25) is 4.79 Å². The molecule has 0 aliphatic carbocycles. The predicted octanol–water partition coefficient (Wildman–Crippen LogP) is 0.500. The number of hydrogen-bond acceptors (Lipinski definition) is 3. The lowest BCUT2D eigenvalue weighted by atomic mass is 9.84. The molecule has 1 heterocycles. The van der Waals surface area contributed by atoms with Crippen molar-refractivity contribution in [3.05, 3.63) is 0 Å². The third-order valence-corrected chi connectivity index (χ3v) is 2.57. The lowest BCUT2D eigenvalue weighted by Crippen LogP contribution is -2.57. The fraction of sp³-hybridized carbons (Fsp3) is 0.909. The van der Waals surface area contributed by atoms with E-state index >= 15 is 0 Å². The highest BCUT2D eigenvalue weighted by Crippen LogP contribution is 2.30. The van der Waals surface area contributed by atoms with Crippen LogP contribution in [0.3, 0.4) is 0 Å². The molecule has 1 N–H and O–H groups in total. The van der Waals surface area contributed by atoms with Crippen LogP contribution in [0.5, 0.6) is 0 Å². The number of rotatable bonds is 3. The molecule has 0 bridgehead atoms. The van der Waals surface area contributed by atoms with Gasteiger partial charge in [0.05, 0.1) is 19.8 Å². The van der Waals surface area contributed by atoms with Crippen LogP contribution in [-0.4, -0.2) is 49.3 Å². The first-order chi connectivity index (χ1) is 6.81. The molecule has 0 aromatic carbocycles. The summed E-state index contributed by atoms with van der Waals surface area (Å²) < 4.78 is 5.02. The zero-order valence-electron chi connectivity index (χ0n) is 10.0. The number of ether oxygens (including phenoxy) is 1. The van der Waals surface area contributed by atoms with Crippen molar-refractivity contribution < 1.29 is 14.6 Å². The maximum Gasteiger partial charge on any atom is 0.235 e. The Hall–Kier alpha value is -0.610. The molecule has 0 saturated carbocycles. The summed E-state index contributed by atoms with van der Waals surface area (Å²) in [5, 5.41) is 9.23. The molecular weight excluding hydrogens is 194 g/mol. The van der Waals surface area contributed by atoms with Crippen LogP contribution in [-0.2, 0) is 9.53 Å². The van der Waals surface area contributed by atoms with Crippen LogP contribution in [0.15, 0.2) is 0 Å². The van der Waals surface area contributed by atoms with E-state index < -0.39 is 5.41 Å². The summed E-state index contributed by atoms with van der Waals surface area (Å²) in [6.45, 7) is 7.50. The molecule has 1 amide bonds. The third-order valence-electron chi connectivity index (χ3n) is 2.57. The quantitative estimate of drug-likeness (QED) is 0.746. The van der Waals surface area contributed by atoms with Gasteiger partial charge in [-0.15, -0.1) is 0 Å². The van der Waals surface area contributed by atoms with Gasteiger partial charge in [0.25, 0.3) is 0 Å². The number of aliphatic hydroxyl groups excluding tert-OH is 1. The first-order valence-electron chi connectivity index (χ1n) is 5.25. The van der Waals surface area contributed by atoms with Crippen molar-refractivity contribution in [1.82, 2.24) is 4.90 Å². The van der Waals surface area contributed by atoms with Crippen LogP contribution in [0, 0.1) is 10.8 Å². The molecular formula is C11H21NO3. The third kappa shape index (κ3) is 2.69. The molecule has 1 fully saturated rings. The van der Waals surface area contributed by atoms with Gasteiger partial charge in [0.2, 0.25) is 5.91 Å². The number of carbonyl (C=O) groups is 1. The minimum Gasteiger partial charge on any atom is -0.395 e. The van der Waals surface area contributed by atoms with Gasteiger partial charge in [-0.2, -0.15) is 0 Å². The number of aliphatic hydroxyl groups is 1. The average Bonchev–Trinajstić information content (AvgIpc) is 1.99. The largest absolute Gasteiger partial charge is 0.395 e. The van der Waals surface area contributed by atoms with Gasteiger partial charge in [0.15, 0.2) is 0 Å². The van der Waals surface area contributed by atoms with E-state index in [1.165, 1.54) is 0 Å². The van der Waals surface area contributed by atoms with E-state index in [0.717, 1.165) is 0 Å². The summed E-state index contributed by atoms with van der Waals surface area (Å²) in [5.41, 5.74) is -0.592. The maximum atomic E-state index is 12.0. The highest BCUT2D eigenvalue weighted by Gasteiger charge is 2.47. The molecule has 0 spiro atoms. The number of carbonyl (C=O) groups excluding carboxylic acids is 1. The first kappa shape index (κ1) is 12.5. The summed E-state index contributed by atoms with van der Waals surface area (Å²) in [6, 6.07) is 0. The molecule has 15 heavy (non-hydrogen) atoms. The molecule has 88 valence electrons. The van der Waals surface area contributed by atoms with Crippen molar-refractivity contribution in [3.8, 4) is 0 Å². The number of amides is 1.